The summed E-state index contributed by atoms with van der Waals surface area (Å²) in [5, 5.41) is 44.8. The lowest BCUT2D eigenvalue weighted by Gasteiger charge is -2.63. The number of rotatable bonds is 16. The number of aromatic nitrogens is 2. The Morgan fingerprint density at radius 2 is 1.08 bits per heavy atom. The van der Waals surface area contributed by atoms with Crippen LogP contribution < -0.4 is 15.2 Å². The molecule has 5 N–H and O–H groups in total. The number of carboxylic acid groups (broad SMARTS) is 1. The van der Waals surface area contributed by atoms with E-state index in [1.54, 1.807) is 54.7 Å². The van der Waals surface area contributed by atoms with Crippen molar-refractivity contribution in [3.63, 3.8) is 0 Å². The highest BCUT2D eigenvalue weighted by molar-refractivity contribution is 6.32. The highest BCUT2D eigenvalue weighted by Gasteiger charge is 2.64. The third-order valence-corrected chi connectivity index (χ3v) is 13.6. The molecule has 6 rings (SSSR count). The van der Waals surface area contributed by atoms with Gasteiger partial charge in [0.15, 0.2) is 5.78 Å². The second kappa shape index (κ2) is 23.6. The highest BCUT2D eigenvalue weighted by atomic mass is 35.5. The molecule has 0 spiro atoms. The zero-order valence-electron chi connectivity index (χ0n) is 38.7. The Balaban J connectivity index is 0.000000288. The topological polar surface area (TPSA) is 213 Å². The minimum atomic E-state index is -0.959. The van der Waals surface area contributed by atoms with Gasteiger partial charge >= 0.3 is 5.97 Å². The number of aromatic carboxylic acids is 1. The van der Waals surface area contributed by atoms with E-state index in [0.717, 1.165) is 49.9 Å². The normalized spacial score (nSPS) is 20.0. The van der Waals surface area contributed by atoms with Crippen molar-refractivity contribution in [2.75, 3.05) is 13.2 Å². The molecule has 0 amide bonds. The van der Waals surface area contributed by atoms with E-state index in [1.165, 1.54) is 6.20 Å². The van der Waals surface area contributed by atoms with Crippen LogP contribution in [0.5, 0.6) is 11.5 Å². The van der Waals surface area contributed by atoms with Crippen LogP contribution in [0.1, 0.15) is 138 Å². The van der Waals surface area contributed by atoms with Crippen LogP contribution in [0, 0.1) is 50.2 Å². The van der Waals surface area contributed by atoms with Crippen molar-refractivity contribution in [1.29, 1.82) is 10.5 Å². The quantitative estimate of drug-likeness (QED) is 0.0610. The Labute approximate surface area is 401 Å². The predicted molar refractivity (Wildman–Crippen MR) is 259 cm³/mol. The van der Waals surface area contributed by atoms with Crippen LogP contribution in [0.25, 0.3) is 0 Å². The standard InChI is InChI=1S/C26H31ClN2O3.C15H19ClN2O.C10H13NO3.CH4/c1-25(2)23(14-22(31)18-8-10-19(29-16-18)7-5-6-12-30)26(3,4)24(25)32-20-11-9-17(15-28)21(27)13-20;1-14(2)12(18)15(3,4)13(14)19-10-6-5-9(8-17)11(16)7-10;12-6-2-1-3-9-5-4-8(7-11-9)10(13)14;/h8-11,13,16,23-24,30H,5-7,12,14H2,1-4H3;5-7,12-13H,18H2,1-4H3;4-5,7,12H,1-3,6H2,(H,13,14);1H4. The van der Waals surface area contributed by atoms with Crippen LogP contribution in [0.2, 0.25) is 10.0 Å². The lowest BCUT2D eigenvalue weighted by Crippen LogP contribution is -2.72. The van der Waals surface area contributed by atoms with Crippen molar-refractivity contribution >= 4 is 35.0 Å². The van der Waals surface area contributed by atoms with Crippen molar-refractivity contribution in [2.45, 2.75) is 126 Å². The number of carbonyl (C=O) groups is 2. The Kier molecular flexibility index (Phi) is 19.7. The fourth-order valence-corrected chi connectivity index (χ4v) is 10.1. The molecule has 2 heterocycles. The number of halogens is 2. The Morgan fingerprint density at radius 3 is 1.42 bits per heavy atom. The number of pyridine rings is 2. The first kappa shape index (κ1) is 55.2. The Hall–Kier alpha value is -5.08. The number of carbonyl (C=O) groups excluding carboxylic acids is 1. The number of aliphatic hydroxyl groups excluding tert-OH is 2. The van der Waals surface area contributed by atoms with E-state index in [1.807, 2.05) is 18.2 Å². The summed E-state index contributed by atoms with van der Waals surface area (Å²) in [6, 6.07) is 21.5. The number of aryl methyl sites for hydroxylation is 2. The number of ketones is 1. The Bertz CT molecular complexity index is 2310. The summed E-state index contributed by atoms with van der Waals surface area (Å²) in [5.41, 5.74) is 9.14. The van der Waals surface area contributed by atoms with Gasteiger partial charge in [-0.2, -0.15) is 10.5 Å². The molecule has 2 aromatic heterocycles. The molecule has 4 aromatic rings. The summed E-state index contributed by atoms with van der Waals surface area (Å²) in [5.74, 6) is 0.586. The molecule has 2 fully saturated rings. The van der Waals surface area contributed by atoms with Gasteiger partial charge in [0.1, 0.15) is 35.8 Å². The second-order valence-electron chi connectivity index (χ2n) is 19.2. The van der Waals surface area contributed by atoms with E-state index >= 15 is 0 Å². The van der Waals surface area contributed by atoms with E-state index in [0.29, 0.717) is 44.7 Å². The van der Waals surface area contributed by atoms with Gasteiger partial charge in [0.2, 0.25) is 0 Å². The molecule has 0 radical (unpaired) electrons. The number of unbranched alkanes of at least 4 members (excludes halogenated alkanes) is 2. The summed E-state index contributed by atoms with van der Waals surface area (Å²) < 4.78 is 12.4. The van der Waals surface area contributed by atoms with Gasteiger partial charge in [-0.3, -0.25) is 14.8 Å². The molecule has 0 atom stereocenters. The van der Waals surface area contributed by atoms with Gasteiger partial charge in [0, 0.05) is 88.8 Å². The van der Waals surface area contributed by atoms with Crippen molar-refractivity contribution < 1.29 is 34.4 Å². The first-order valence-corrected chi connectivity index (χ1v) is 22.7. The number of hydrogen-bond acceptors (Lipinski definition) is 11. The third-order valence-electron chi connectivity index (χ3n) is 13.0. The third kappa shape index (κ3) is 13.1. The van der Waals surface area contributed by atoms with Crippen molar-refractivity contribution in [1.82, 2.24) is 9.97 Å². The number of ether oxygens (including phenoxy) is 2. The molecule has 66 heavy (non-hydrogen) atoms. The van der Waals surface area contributed by atoms with Gasteiger partial charge in [0.05, 0.1) is 26.7 Å². The van der Waals surface area contributed by atoms with E-state index in [4.69, 9.17) is 64.3 Å². The summed E-state index contributed by atoms with van der Waals surface area (Å²) in [7, 11) is 0. The second-order valence-corrected chi connectivity index (χ2v) is 20.0. The van der Waals surface area contributed by atoms with E-state index in [-0.39, 0.29) is 77.8 Å². The monoisotopic (exact) mass is 943 g/mol. The van der Waals surface area contributed by atoms with Gasteiger partial charge in [-0.05, 0) is 93.0 Å². The number of carboxylic acids is 1. The molecule has 0 saturated heterocycles. The summed E-state index contributed by atoms with van der Waals surface area (Å²) in [6.45, 7) is 17.3. The van der Waals surface area contributed by atoms with Crippen LogP contribution >= 0.6 is 23.2 Å². The van der Waals surface area contributed by atoms with Gasteiger partial charge in [-0.25, -0.2) is 4.79 Å². The fourth-order valence-electron chi connectivity index (χ4n) is 9.64. The number of nitrogens with zero attached hydrogens (tertiary/aromatic N) is 4. The molecule has 2 aromatic carbocycles. The van der Waals surface area contributed by atoms with Crippen LogP contribution in [0.4, 0.5) is 0 Å². The SMILES string of the molecule is C.CC1(C)C(CC(=O)c2ccc(CCCCO)nc2)C(C)(C)C1Oc1ccc(C#N)c(Cl)c1.CC1(C)C(N)C(C)(C)C1Oc1ccc(C#N)c(Cl)c1.O=C(O)c1ccc(CCCCO)nc1. The lowest BCUT2D eigenvalue weighted by atomic mass is 9.44. The zero-order chi connectivity index (χ0) is 48.3. The number of nitriles is 2. The molecule has 0 unspecified atom stereocenters. The molecular formula is C52H67Cl2N5O7. The number of hydrogen-bond donors (Lipinski definition) is 4. The van der Waals surface area contributed by atoms with Gasteiger partial charge in [-0.1, -0.05) is 86.0 Å². The minimum Gasteiger partial charge on any atom is -0.489 e. The number of aliphatic hydroxyl groups is 2. The highest BCUT2D eigenvalue weighted by Crippen LogP contribution is 2.62. The van der Waals surface area contributed by atoms with Gasteiger partial charge in [0.25, 0.3) is 0 Å². The van der Waals surface area contributed by atoms with Crippen LogP contribution in [0.3, 0.4) is 0 Å². The summed E-state index contributed by atoms with van der Waals surface area (Å²) >= 11 is 12.2. The number of nitrogens with two attached hydrogens (primary N) is 1. The van der Waals surface area contributed by atoms with Crippen molar-refractivity contribution in [3.8, 4) is 23.6 Å². The smallest absolute Gasteiger partial charge is 0.337 e. The van der Waals surface area contributed by atoms with Gasteiger partial charge < -0.3 is 30.5 Å². The average molecular weight is 945 g/mol. The molecule has 2 saturated carbocycles. The van der Waals surface area contributed by atoms with Crippen LogP contribution in [0.15, 0.2) is 73.1 Å². The van der Waals surface area contributed by atoms with Gasteiger partial charge in [-0.15, -0.1) is 0 Å². The predicted octanol–water partition coefficient (Wildman–Crippen LogP) is 10.7. The molecule has 356 valence electrons. The van der Waals surface area contributed by atoms with E-state index in [9.17, 15) is 9.59 Å². The largest absolute Gasteiger partial charge is 0.489 e. The number of Topliss-reactive ketones (excluding diaryl/α,β-unsaturated/α-hetero) is 1. The Morgan fingerprint density at radius 1 is 0.667 bits per heavy atom. The zero-order valence-corrected chi connectivity index (χ0v) is 40.2. The first-order valence-electron chi connectivity index (χ1n) is 21.9. The minimum absolute atomic E-state index is 0. The van der Waals surface area contributed by atoms with E-state index < -0.39 is 5.97 Å². The first-order chi connectivity index (χ1) is 30.5. The fraction of sp³-hybridized carbons (Fsp3) is 0.500. The summed E-state index contributed by atoms with van der Waals surface area (Å²) in [4.78, 5) is 31.9. The molecule has 2 aliphatic carbocycles. The lowest BCUT2D eigenvalue weighted by molar-refractivity contribution is -0.196. The summed E-state index contributed by atoms with van der Waals surface area (Å²) in [6.07, 6.45) is 8.23. The van der Waals surface area contributed by atoms with Crippen molar-refractivity contribution in [3.05, 3.63) is 117 Å². The van der Waals surface area contributed by atoms with Crippen LogP contribution in [-0.2, 0) is 12.8 Å². The maximum absolute atomic E-state index is 13.0. The molecule has 0 aliphatic heterocycles. The average Bonchev–Trinajstić information content (AvgIpc) is 3.27. The number of benzene rings is 2. The maximum atomic E-state index is 13.0. The van der Waals surface area contributed by atoms with E-state index in [2.05, 4.69) is 71.4 Å². The maximum Gasteiger partial charge on any atom is 0.337 e. The molecular weight excluding hydrogens is 878 g/mol. The molecule has 14 heteroatoms. The van der Waals surface area contributed by atoms with Crippen LogP contribution in [-0.4, -0.2) is 68.5 Å². The molecule has 0 bridgehead atoms. The van der Waals surface area contributed by atoms with Crippen molar-refractivity contribution in [2.24, 2.45) is 33.3 Å². The molecule has 2 aliphatic rings. The molecule has 12 nitrogen and oxygen atoms in total.